The minimum Gasteiger partial charge on any atom is -0.308 e. The van der Waals surface area contributed by atoms with Crippen LogP contribution >= 0.6 is 0 Å². The van der Waals surface area contributed by atoms with E-state index < -0.39 is 0 Å². The summed E-state index contributed by atoms with van der Waals surface area (Å²) in [4.78, 5) is 0. The molecule has 12 aromatic rings. The highest BCUT2D eigenvalue weighted by Crippen LogP contribution is 2.44. The van der Waals surface area contributed by atoms with Crippen LogP contribution in [0.15, 0.2) is 200 Å². The molecule has 0 saturated carbocycles. The molecule has 0 spiro atoms. The van der Waals surface area contributed by atoms with Gasteiger partial charge in [0.05, 0.1) is 103 Å². The highest BCUT2D eigenvalue weighted by molar-refractivity contribution is 6.14. The van der Waals surface area contributed by atoms with Crippen molar-refractivity contribution in [2.75, 3.05) is 0 Å². The van der Waals surface area contributed by atoms with Crippen molar-refractivity contribution in [2.24, 2.45) is 0 Å². The van der Waals surface area contributed by atoms with Crippen LogP contribution in [0.3, 0.4) is 0 Å². The van der Waals surface area contributed by atoms with Gasteiger partial charge in [-0.25, -0.2) is 0 Å². The van der Waals surface area contributed by atoms with Crippen LogP contribution in [0, 0.1) is 79.3 Å². The van der Waals surface area contributed by atoms with Crippen molar-refractivity contribution >= 4 is 43.6 Å². The SMILES string of the molecule is N#Cc1cccc(-c2ccc3c(c2)c2cc(-c4cccc(C#N)c4)ccc2n3-c2cc(-c3cc(C#N)cc(C#N)c3)cc(-n3c4ccc(-c5cccc(C#N)c5)cc4c4cc(-c5cccc(C#N)c5)ccc43)c2C#N)c1. The highest BCUT2D eigenvalue weighted by Gasteiger charge is 2.24. The number of benzene rings is 10. The third-order valence-corrected chi connectivity index (χ3v) is 14.0. The van der Waals surface area contributed by atoms with E-state index in [2.05, 4.69) is 75.9 Å². The van der Waals surface area contributed by atoms with Crippen molar-refractivity contribution in [1.82, 2.24) is 9.13 Å². The molecule has 2 aromatic heterocycles. The first-order chi connectivity index (χ1) is 37.3. The molecule has 0 aliphatic rings. The first kappa shape index (κ1) is 45.4. The molecule has 0 saturated heterocycles. The zero-order valence-electron chi connectivity index (χ0n) is 40.1. The smallest absolute Gasteiger partial charge is 0.104 e. The molecule has 2 heterocycles. The molecule has 76 heavy (non-hydrogen) atoms. The Hall–Kier alpha value is -11.8. The second-order valence-corrected chi connectivity index (χ2v) is 18.4. The Morgan fingerprint density at radius 3 is 0.763 bits per heavy atom. The summed E-state index contributed by atoms with van der Waals surface area (Å²) >= 11 is 0. The first-order valence-corrected chi connectivity index (χ1v) is 24.0. The molecule has 0 atom stereocenters. The fourth-order valence-electron chi connectivity index (χ4n) is 10.5. The van der Waals surface area contributed by atoms with Gasteiger partial charge in [-0.3, -0.25) is 0 Å². The average Bonchev–Trinajstić information content (AvgIpc) is 4.14. The van der Waals surface area contributed by atoms with E-state index in [4.69, 9.17) is 0 Å². The number of rotatable bonds is 7. The van der Waals surface area contributed by atoms with Crippen molar-refractivity contribution in [3.63, 3.8) is 0 Å². The minimum atomic E-state index is 0.303. The van der Waals surface area contributed by atoms with Gasteiger partial charge in [0, 0.05) is 21.5 Å². The molecule has 0 amide bonds. The molecule has 0 bridgehead atoms. The van der Waals surface area contributed by atoms with Crippen molar-refractivity contribution in [3.8, 4) is 109 Å². The summed E-state index contributed by atoms with van der Waals surface area (Å²) in [7, 11) is 0. The van der Waals surface area contributed by atoms with E-state index >= 15 is 0 Å². The molecule has 0 aliphatic carbocycles. The normalized spacial score (nSPS) is 10.8. The zero-order chi connectivity index (χ0) is 52.0. The third kappa shape index (κ3) is 7.69. The Balaban J connectivity index is 1.20. The Morgan fingerprint density at radius 2 is 0.487 bits per heavy atom. The summed E-state index contributed by atoms with van der Waals surface area (Å²) in [5, 5.41) is 75.2. The molecule has 346 valence electrons. The van der Waals surface area contributed by atoms with Crippen LogP contribution in [-0.4, -0.2) is 9.13 Å². The van der Waals surface area contributed by atoms with E-state index in [1.165, 1.54) is 0 Å². The molecule has 0 N–H and O–H groups in total. The van der Waals surface area contributed by atoms with Gasteiger partial charge in [-0.1, -0.05) is 72.8 Å². The molecule has 9 nitrogen and oxygen atoms in total. The van der Waals surface area contributed by atoms with Gasteiger partial charge in [-0.2, -0.15) is 36.8 Å². The minimum absolute atomic E-state index is 0.303. The summed E-state index contributed by atoms with van der Waals surface area (Å²) in [6.45, 7) is 0. The topological polar surface area (TPSA) is 176 Å². The summed E-state index contributed by atoms with van der Waals surface area (Å²) in [5.41, 5.74) is 15.5. The van der Waals surface area contributed by atoms with Crippen molar-refractivity contribution in [2.45, 2.75) is 0 Å². The van der Waals surface area contributed by atoms with Crippen molar-refractivity contribution in [1.29, 1.82) is 36.8 Å². The van der Waals surface area contributed by atoms with Gasteiger partial charge in [-0.15, -0.1) is 0 Å². The van der Waals surface area contributed by atoms with E-state index in [1.807, 2.05) is 133 Å². The number of nitriles is 7. The lowest BCUT2D eigenvalue weighted by Crippen LogP contribution is -2.05. The van der Waals surface area contributed by atoms with Gasteiger partial charge < -0.3 is 9.13 Å². The van der Waals surface area contributed by atoms with Crippen molar-refractivity contribution in [3.05, 3.63) is 239 Å². The van der Waals surface area contributed by atoms with Crippen LogP contribution in [0.2, 0.25) is 0 Å². The van der Waals surface area contributed by atoms with Crippen LogP contribution in [0.1, 0.15) is 38.9 Å². The molecule has 9 heteroatoms. The predicted molar refractivity (Wildman–Crippen MR) is 295 cm³/mol. The molecule has 0 aliphatic heterocycles. The first-order valence-electron chi connectivity index (χ1n) is 24.0. The lowest BCUT2D eigenvalue weighted by Gasteiger charge is -2.19. The number of hydrogen-bond acceptors (Lipinski definition) is 7. The molecule has 0 radical (unpaired) electrons. The molecule has 10 aromatic carbocycles. The Morgan fingerprint density at radius 1 is 0.224 bits per heavy atom. The Labute approximate surface area is 436 Å². The maximum absolute atomic E-state index is 11.8. The highest BCUT2D eigenvalue weighted by atomic mass is 15.0. The molecule has 12 rings (SSSR count). The van der Waals surface area contributed by atoms with Crippen LogP contribution in [0.25, 0.3) is 111 Å². The van der Waals surface area contributed by atoms with E-state index in [1.54, 1.807) is 42.5 Å². The van der Waals surface area contributed by atoms with Gasteiger partial charge in [0.2, 0.25) is 0 Å². The van der Waals surface area contributed by atoms with Crippen LogP contribution in [0.5, 0.6) is 0 Å². The summed E-state index contributed by atoms with van der Waals surface area (Å²) in [5.74, 6) is 0. The van der Waals surface area contributed by atoms with Crippen LogP contribution in [0.4, 0.5) is 0 Å². The Bertz CT molecular complexity index is 4290. The number of aromatic nitrogens is 2. The largest absolute Gasteiger partial charge is 0.308 e. The zero-order valence-corrected chi connectivity index (χ0v) is 40.1. The lowest BCUT2D eigenvalue weighted by atomic mass is 9.97. The monoisotopic (exact) mass is 963 g/mol. The second-order valence-electron chi connectivity index (χ2n) is 18.4. The predicted octanol–water partition coefficient (Wildman–Crippen LogP) is 15.3. The maximum Gasteiger partial charge on any atom is 0.104 e. The van der Waals surface area contributed by atoms with Gasteiger partial charge in [0.15, 0.2) is 0 Å². The van der Waals surface area contributed by atoms with Gasteiger partial charge in [0.1, 0.15) is 11.6 Å². The van der Waals surface area contributed by atoms with Gasteiger partial charge >= 0.3 is 0 Å². The van der Waals surface area contributed by atoms with E-state index in [-0.39, 0.29) is 0 Å². The quantitative estimate of drug-likeness (QED) is 0.153. The fraction of sp³-hybridized carbons (Fsp3) is 0. The molecular formula is C67H33N9. The standard InChI is InChI=1S/C67H33N9/c68-34-41-5-1-9-47(22-41)51-13-17-62-57(28-51)58-29-52(48-10-2-6-42(23-48)35-69)14-18-63(58)75(62)66-32-56(55-26-45(38-72)21-46(27-55)39-73)33-67(61(66)40-74)76-64-19-15-53(49-11-3-7-43(24-49)36-70)30-59(64)60-31-54(16-20-65(60)76)50-12-4-8-44(25-50)37-71/h1-33H. The molecule has 0 unspecified atom stereocenters. The van der Waals surface area contributed by atoms with Gasteiger partial charge in [0.25, 0.3) is 0 Å². The fourth-order valence-corrected chi connectivity index (χ4v) is 10.5. The number of nitrogens with zero attached hydrogens (tertiary/aromatic N) is 9. The molecular weight excluding hydrogens is 931 g/mol. The maximum atomic E-state index is 11.8. The summed E-state index contributed by atoms with van der Waals surface area (Å²) in [6, 6.07) is 79.6. The third-order valence-electron chi connectivity index (χ3n) is 14.0. The van der Waals surface area contributed by atoms with E-state index in [0.29, 0.717) is 61.4 Å². The number of hydrogen-bond donors (Lipinski definition) is 0. The lowest BCUT2D eigenvalue weighted by molar-refractivity contribution is 1.12. The van der Waals surface area contributed by atoms with Crippen molar-refractivity contribution < 1.29 is 0 Å². The summed E-state index contributed by atoms with van der Waals surface area (Å²) < 4.78 is 4.18. The van der Waals surface area contributed by atoms with Gasteiger partial charge in [-0.05, 0) is 183 Å². The van der Waals surface area contributed by atoms with Crippen LogP contribution < -0.4 is 0 Å². The van der Waals surface area contributed by atoms with Crippen LogP contribution in [-0.2, 0) is 0 Å². The molecule has 0 fully saturated rings. The number of fused-ring (bicyclic) bond motifs is 6. The van der Waals surface area contributed by atoms with E-state index in [9.17, 15) is 36.8 Å². The summed E-state index contributed by atoms with van der Waals surface area (Å²) in [6.07, 6.45) is 0. The average molecular weight is 964 g/mol. The second kappa shape index (κ2) is 18.4. The Kier molecular flexibility index (Phi) is 11.0. The van der Waals surface area contributed by atoms with E-state index in [0.717, 1.165) is 88.1 Å².